The SMILES string of the molecule is CC(C)n1ncc2c(S(C)(=O)=O)cc(NC(=O)Cc3ccccc3Cl)cc21. The molecule has 0 saturated heterocycles. The Hall–Kier alpha value is -2.38. The molecule has 0 aliphatic heterocycles. The summed E-state index contributed by atoms with van der Waals surface area (Å²) in [6.45, 7) is 3.91. The number of carbonyl (C=O) groups excluding carboxylic acids is 1. The molecule has 0 aliphatic carbocycles. The van der Waals surface area contributed by atoms with Gasteiger partial charge in [0.25, 0.3) is 0 Å². The van der Waals surface area contributed by atoms with E-state index in [0.29, 0.717) is 27.2 Å². The summed E-state index contributed by atoms with van der Waals surface area (Å²) in [5, 5.41) is 8.11. The Bertz CT molecular complexity index is 1120. The molecule has 1 heterocycles. The number of carbonyl (C=O) groups is 1. The molecule has 0 bridgehead atoms. The number of hydrogen-bond donors (Lipinski definition) is 1. The van der Waals surface area contributed by atoms with Crippen molar-refractivity contribution in [3.05, 3.63) is 53.2 Å². The average Bonchev–Trinajstić information content (AvgIpc) is 2.99. The lowest BCUT2D eigenvalue weighted by Crippen LogP contribution is -2.15. The highest BCUT2D eigenvalue weighted by molar-refractivity contribution is 7.91. The summed E-state index contributed by atoms with van der Waals surface area (Å²) in [7, 11) is -3.49. The van der Waals surface area contributed by atoms with Crippen LogP contribution in [0, 0.1) is 0 Å². The number of halogens is 1. The minimum Gasteiger partial charge on any atom is -0.326 e. The van der Waals surface area contributed by atoms with Crippen molar-refractivity contribution in [2.45, 2.75) is 31.2 Å². The van der Waals surface area contributed by atoms with Gasteiger partial charge in [0.1, 0.15) is 0 Å². The van der Waals surface area contributed by atoms with Crippen LogP contribution >= 0.6 is 11.6 Å². The highest BCUT2D eigenvalue weighted by Crippen LogP contribution is 2.29. The number of nitrogens with zero attached hydrogens (tertiary/aromatic N) is 2. The number of anilines is 1. The van der Waals surface area contributed by atoms with Crippen LogP contribution in [0.25, 0.3) is 10.9 Å². The maximum absolute atomic E-state index is 12.4. The minimum absolute atomic E-state index is 0.0454. The largest absolute Gasteiger partial charge is 0.326 e. The van der Waals surface area contributed by atoms with Crippen molar-refractivity contribution in [3.8, 4) is 0 Å². The van der Waals surface area contributed by atoms with Gasteiger partial charge in [0.2, 0.25) is 5.91 Å². The van der Waals surface area contributed by atoms with Crippen molar-refractivity contribution in [3.63, 3.8) is 0 Å². The van der Waals surface area contributed by atoms with Crippen molar-refractivity contribution in [2.75, 3.05) is 11.6 Å². The van der Waals surface area contributed by atoms with Gasteiger partial charge in [-0.3, -0.25) is 9.48 Å². The summed E-state index contributed by atoms with van der Waals surface area (Å²) >= 11 is 6.10. The van der Waals surface area contributed by atoms with E-state index >= 15 is 0 Å². The second-order valence-electron chi connectivity index (χ2n) is 6.68. The van der Waals surface area contributed by atoms with Gasteiger partial charge in [-0.2, -0.15) is 5.10 Å². The first kappa shape index (κ1) is 19.4. The van der Waals surface area contributed by atoms with E-state index in [4.69, 9.17) is 11.6 Å². The predicted octanol–water partition coefficient (Wildman–Crippen LogP) is 3.86. The van der Waals surface area contributed by atoms with E-state index in [1.165, 1.54) is 6.07 Å². The number of fused-ring (bicyclic) bond motifs is 1. The third kappa shape index (κ3) is 4.14. The molecule has 6 nitrogen and oxygen atoms in total. The van der Waals surface area contributed by atoms with Gasteiger partial charge in [-0.25, -0.2) is 8.42 Å². The Morgan fingerprint density at radius 2 is 1.96 bits per heavy atom. The smallest absolute Gasteiger partial charge is 0.228 e. The molecular formula is C19H20ClN3O3S. The standard InChI is InChI=1S/C19H20ClN3O3S/c1-12(2)23-17-9-14(10-18(27(3,25)26)15(17)11-21-23)22-19(24)8-13-6-4-5-7-16(13)20/h4-7,9-12H,8H2,1-3H3,(H,22,24). The fourth-order valence-electron chi connectivity index (χ4n) is 2.92. The molecule has 1 N–H and O–H groups in total. The quantitative estimate of drug-likeness (QED) is 0.698. The van der Waals surface area contributed by atoms with E-state index in [2.05, 4.69) is 10.4 Å². The molecule has 0 aliphatic rings. The molecule has 0 unspecified atom stereocenters. The minimum atomic E-state index is -3.49. The molecular weight excluding hydrogens is 386 g/mol. The number of sulfone groups is 1. The number of hydrogen-bond acceptors (Lipinski definition) is 4. The van der Waals surface area contributed by atoms with Crippen LogP contribution in [-0.4, -0.2) is 30.4 Å². The number of benzene rings is 2. The number of aromatic nitrogens is 2. The fourth-order valence-corrected chi connectivity index (χ4v) is 4.02. The first-order chi connectivity index (χ1) is 12.7. The van der Waals surface area contributed by atoms with E-state index < -0.39 is 9.84 Å². The first-order valence-corrected chi connectivity index (χ1v) is 10.7. The van der Waals surface area contributed by atoms with E-state index in [-0.39, 0.29) is 23.3 Å². The Morgan fingerprint density at radius 3 is 2.59 bits per heavy atom. The lowest BCUT2D eigenvalue weighted by Gasteiger charge is -2.12. The zero-order valence-corrected chi connectivity index (χ0v) is 16.8. The van der Waals surface area contributed by atoms with Gasteiger partial charge in [-0.15, -0.1) is 0 Å². The molecule has 3 rings (SSSR count). The maximum atomic E-state index is 12.4. The molecule has 0 saturated carbocycles. The molecule has 8 heteroatoms. The summed E-state index contributed by atoms with van der Waals surface area (Å²) in [6, 6.07) is 10.4. The van der Waals surface area contributed by atoms with Gasteiger partial charge < -0.3 is 5.32 Å². The van der Waals surface area contributed by atoms with Crippen LogP contribution in [0.15, 0.2) is 47.5 Å². The Morgan fingerprint density at radius 1 is 1.26 bits per heavy atom. The van der Waals surface area contributed by atoms with Crippen molar-refractivity contribution < 1.29 is 13.2 Å². The third-order valence-electron chi connectivity index (χ3n) is 4.16. The fraction of sp³-hybridized carbons (Fsp3) is 0.263. The number of rotatable bonds is 5. The van der Waals surface area contributed by atoms with Gasteiger partial charge in [-0.1, -0.05) is 29.8 Å². The predicted molar refractivity (Wildman–Crippen MR) is 107 cm³/mol. The lowest BCUT2D eigenvalue weighted by molar-refractivity contribution is -0.115. The van der Waals surface area contributed by atoms with Gasteiger partial charge in [0.15, 0.2) is 9.84 Å². The molecule has 0 fully saturated rings. The molecule has 0 atom stereocenters. The van der Waals surface area contributed by atoms with Crippen LogP contribution in [0.4, 0.5) is 5.69 Å². The van der Waals surface area contributed by atoms with Crippen LogP contribution in [0.3, 0.4) is 0 Å². The maximum Gasteiger partial charge on any atom is 0.228 e. The average molecular weight is 406 g/mol. The molecule has 142 valence electrons. The van der Waals surface area contributed by atoms with Crippen molar-refractivity contribution in [2.24, 2.45) is 0 Å². The van der Waals surface area contributed by atoms with E-state index in [9.17, 15) is 13.2 Å². The van der Waals surface area contributed by atoms with Gasteiger partial charge >= 0.3 is 0 Å². The second kappa shape index (κ2) is 7.32. The van der Waals surface area contributed by atoms with Crippen LogP contribution in [0.1, 0.15) is 25.5 Å². The van der Waals surface area contributed by atoms with Crippen LogP contribution in [0.2, 0.25) is 5.02 Å². The summed E-state index contributed by atoms with van der Waals surface area (Å²) in [4.78, 5) is 12.6. The zero-order valence-electron chi connectivity index (χ0n) is 15.2. The topological polar surface area (TPSA) is 81.1 Å². The number of amides is 1. The summed E-state index contributed by atoms with van der Waals surface area (Å²) in [5.41, 5.74) is 1.76. The normalized spacial score (nSPS) is 11.9. The Kier molecular flexibility index (Phi) is 5.26. The third-order valence-corrected chi connectivity index (χ3v) is 5.66. The Labute approximate surface area is 163 Å². The van der Waals surface area contributed by atoms with Gasteiger partial charge in [-0.05, 0) is 37.6 Å². The molecule has 3 aromatic rings. The Balaban J connectivity index is 2.00. The monoisotopic (exact) mass is 405 g/mol. The zero-order chi connectivity index (χ0) is 19.8. The van der Waals surface area contributed by atoms with Crippen molar-refractivity contribution >= 4 is 43.9 Å². The molecule has 2 aromatic carbocycles. The van der Waals surface area contributed by atoms with Gasteiger partial charge in [0, 0.05) is 28.4 Å². The van der Waals surface area contributed by atoms with Crippen molar-refractivity contribution in [1.82, 2.24) is 9.78 Å². The second-order valence-corrected chi connectivity index (χ2v) is 9.07. The molecule has 0 radical (unpaired) electrons. The van der Waals surface area contributed by atoms with Crippen LogP contribution in [0.5, 0.6) is 0 Å². The molecule has 1 aromatic heterocycles. The highest BCUT2D eigenvalue weighted by atomic mass is 35.5. The van der Waals surface area contributed by atoms with E-state index in [1.807, 2.05) is 19.9 Å². The van der Waals surface area contributed by atoms with E-state index in [0.717, 1.165) is 6.26 Å². The highest BCUT2D eigenvalue weighted by Gasteiger charge is 2.19. The summed E-state index contributed by atoms with van der Waals surface area (Å²) in [5.74, 6) is -0.280. The lowest BCUT2D eigenvalue weighted by atomic mass is 10.1. The molecule has 1 amide bonds. The van der Waals surface area contributed by atoms with E-state index in [1.54, 1.807) is 35.1 Å². The van der Waals surface area contributed by atoms with Gasteiger partial charge in [0.05, 0.1) is 23.0 Å². The first-order valence-electron chi connectivity index (χ1n) is 8.41. The molecule has 0 spiro atoms. The summed E-state index contributed by atoms with van der Waals surface area (Å²) in [6.07, 6.45) is 2.78. The van der Waals surface area contributed by atoms with Crippen LogP contribution < -0.4 is 5.32 Å². The van der Waals surface area contributed by atoms with Crippen molar-refractivity contribution in [1.29, 1.82) is 0 Å². The summed E-state index contributed by atoms with van der Waals surface area (Å²) < 4.78 is 26.2. The molecule has 27 heavy (non-hydrogen) atoms. The number of nitrogens with one attached hydrogen (secondary N) is 1. The van der Waals surface area contributed by atoms with Crippen LogP contribution in [-0.2, 0) is 21.1 Å².